The number of hydrogen-bond acceptors (Lipinski definition) is 3. The minimum absolute atomic E-state index is 0.0229. The zero-order valence-electron chi connectivity index (χ0n) is 14.7. The van der Waals surface area contributed by atoms with E-state index in [-0.39, 0.29) is 35.2 Å². The average Bonchev–Trinajstić information content (AvgIpc) is 2.84. The predicted molar refractivity (Wildman–Crippen MR) is 93.2 cm³/mol. The molecule has 0 amide bonds. The highest BCUT2D eigenvalue weighted by molar-refractivity contribution is 6.01. The zero-order valence-corrected chi connectivity index (χ0v) is 14.7. The Morgan fingerprint density at radius 2 is 2.08 bits per heavy atom. The SMILES string of the molecule is CC12C=CC(=O)C=C1CCC1C2C(O)CC2(C)C(=CCO)CCC12. The number of hydrogen-bond donors (Lipinski definition) is 2. The van der Waals surface area contributed by atoms with Crippen molar-refractivity contribution in [3.8, 4) is 0 Å². The summed E-state index contributed by atoms with van der Waals surface area (Å²) in [5.41, 5.74) is 2.40. The first-order valence-electron chi connectivity index (χ1n) is 9.33. The minimum Gasteiger partial charge on any atom is -0.393 e. The molecule has 0 heterocycles. The van der Waals surface area contributed by atoms with Gasteiger partial charge in [0.05, 0.1) is 12.7 Å². The van der Waals surface area contributed by atoms with Crippen LogP contribution in [-0.2, 0) is 4.79 Å². The molecule has 0 radical (unpaired) electrons. The highest BCUT2D eigenvalue weighted by Crippen LogP contribution is 2.65. The van der Waals surface area contributed by atoms with Crippen LogP contribution in [0.2, 0.25) is 0 Å². The van der Waals surface area contributed by atoms with Gasteiger partial charge < -0.3 is 10.2 Å². The lowest BCUT2D eigenvalue weighted by Gasteiger charge is -2.58. The number of aliphatic hydroxyl groups is 2. The molecule has 3 fully saturated rings. The second-order valence-corrected chi connectivity index (χ2v) is 8.66. The van der Waals surface area contributed by atoms with Crippen molar-refractivity contribution in [3.05, 3.63) is 35.5 Å². The molecule has 6 unspecified atom stereocenters. The number of carbonyl (C=O) groups is 1. The molecular weight excluding hydrogens is 300 g/mol. The van der Waals surface area contributed by atoms with Crippen LogP contribution in [0.1, 0.15) is 46.0 Å². The Labute approximate surface area is 144 Å². The van der Waals surface area contributed by atoms with Gasteiger partial charge in [-0.25, -0.2) is 0 Å². The van der Waals surface area contributed by atoms with Crippen LogP contribution in [0.4, 0.5) is 0 Å². The average molecular weight is 328 g/mol. The summed E-state index contributed by atoms with van der Waals surface area (Å²) >= 11 is 0. The molecule has 3 nitrogen and oxygen atoms in total. The maximum absolute atomic E-state index is 11.8. The van der Waals surface area contributed by atoms with Gasteiger partial charge in [0, 0.05) is 11.3 Å². The molecule has 0 spiro atoms. The van der Waals surface area contributed by atoms with Crippen molar-refractivity contribution in [1.82, 2.24) is 0 Å². The van der Waals surface area contributed by atoms with Gasteiger partial charge in [-0.3, -0.25) is 4.79 Å². The van der Waals surface area contributed by atoms with Crippen molar-refractivity contribution < 1.29 is 15.0 Å². The highest BCUT2D eigenvalue weighted by Gasteiger charge is 2.60. The normalized spacial score (nSPS) is 48.8. The summed E-state index contributed by atoms with van der Waals surface area (Å²) in [5, 5.41) is 20.5. The predicted octanol–water partition coefficient (Wildman–Crippen LogP) is 3.18. The van der Waals surface area contributed by atoms with Gasteiger partial charge in [0.25, 0.3) is 0 Å². The van der Waals surface area contributed by atoms with E-state index in [1.807, 2.05) is 12.2 Å². The molecule has 3 saturated carbocycles. The highest BCUT2D eigenvalue weighted by atomic mass is 16.3. The summed E-state index contributed by atoms with van der Waals surface area (Å²) < 4.78 is 0. The second kappa shape index (κ2) is 5.40. The van der Waals surface area contributed by atoms with E-state index < -0.39 is 0 Å². The van der Waals surface area contributed by atoms with Crippen LogP contribution >= 0.6 is 0 Å². The molecule has 2 N–H and O–H groups in total. The topological polar surface area (TPSA) is 57.5 Å². The lowest BCUT2D eigenvalue weighted by molar-refractivity contribution is -0.112. The van der Waals surface area contributed by atoms with Gasteiger partial charge in [-0.1, -0.05) is 37.1 Å². The number of aliphatic hydroxyl groups excluding tert-OH is 2. The van der Waals surface area contributed by atoms with E-state index >= 15 is 0 Å². The van der Waals surface area contributed by atoms with Crippen molar-refractivity contribution in [3.63, 3.8) is 0 Å². The Bertz CT molecular complexity index is 658. The Hall–Kier alpha value is -1.19. The first-order chi connectivity index (χ1) is 11.4. The van der Waals surface area contributed by atoms with Gasteiger partial charge in [0.1, 0.15) is 0 Å². The van der Waals surface area contributed by atoms with Gasteiger partial charge in [0.2, 0.25) is 0 Å². The van der Waals surface area contributed by atoms with Crippen LogP contribution in [0, 0.1) is 28.6 Å². The van der Waals surface area contributed by atoms with E-state index in [1.54, 1.807) is 6.08 Å². The van der Waals surface area contributed by atoms with E-state index in [0.717, 1.165) is 32.1 Å². The maximum atomic E-state index is 11.8. The summed E-state index contributed by atoms with van der Waals surface area (Å²) in [6.45, 7) is 4.60. The Morgan fingerprint density at radius 1 is 1.29 bits per heavy atom. The fourth-order valence-electron chi connectivity index (χ4n) is 6.62. The molecule has 24 heavy (non-hydrogen) atoms. The summed E-state index contributed by atoms with van der Waals surface area (Å²) in [6, 6.07) is 0. The zero-order chi connectivity index (χ0) is 17.1. The molecule has 3 heteroatoms. The standard InChI is InChI=1S/C21H28O3/c1-20-9-7-15(23)11-14(20)3-5-16-17-6-4-13(8-10-22)21(17,2)12-18(24)19(16)20/h7-9,11,16-19,22,24H,3-6,10,12H2,1-2H3. The quantitative estimate of drug-likeness (QED) is 0.727. The molecule has 0 bridgehead atoms. The molecule has 0 aromatic carbocycles. The number of fused-ring (bicyclic) bond motifs is 5. The lowest BCUT2D eigenvalue weighted by Crippen LogP contribution is -2.55. The van der Waals surface area contributed by atoms with E-state index in [4.69, 9.17) is 0 Å². The van der Waals surface area contributed by atoms with E-state index in [0.29, 0.717) is 11.8 Å². The molecule has 4 rings (SSSR count). The first-order valence-corrected chi connectivity index (χ1v) is 9.33. The van der Waals surface area contributed by atoms with Crippen molar-refractivity contribution >= 4 is 5.78 Å². The van der Waals surface area contributed by atoms with Gasteiger partial charge in [0.15, 0.2) is 5.78 Å². The molecule has 4 aliphatic carbocycles. The monoisotopic (exact) mass is 328 g/mol. The van der Waals surface area contributed by atoms with Crippen LogP contribution in [0.3, 0.4) is 0 Å². The van der Waals surface area contributed by atoms with Crippen molar-refractivity contribution in [1.29, 1.82) is 0 Å². The molecule has 0 aliphatic heterocycles. The lowest BCUT2D eigenvalue weighted by atomic mass is 9.47. The number of carbonyl (C=O) groups excluding carboxylic acids is 1. The molecule has 0 saturated heterocycles. The maximum Gasteiger partial charge on any atom is 0.178 e. The summed E-state index contributed by atoms with van der Waals surface area (Å²) in [7, 11) is 0. The van der Waals surface area contributed by atoms with E-state index in [1.165, 1.54) is 11.1 Å². The summed E-state index contributed by atoms with van der Waals surface area (Å²) in [4.78, 5) is 11.8. The first kappa shape index (κ1) is 16.3. The fraction of sp³-hybridized carbons (Fsp3) is 0.667. The molecule has 0 aromatic rings. The Kier molecular flexibility index (Phi) is 3.67. The van der Waals surface area contributed by atoms with E-state index in [2.05, 4.69) is 19.9 Å². The third-order valence-corrected chi connectivity index (χ3v) is 7.68. The van der Waals surface area contributed by atoms with Crippen molar-refractivity contribution in [2.24, 2.45) is 28.6 Å². The Balaban J connectivity index is 1.74. The van der Waals surface area contributed by atoms with Gasteiger partial charge >= 0.3 is 0 Å². The summed E-state index contributed by atoms with van der Waals surface area (Å²) in [5.74, 6) is 1.36. The second-order valence-electron chi connectivity index (χ2n) is 8.66. The van der Waals surface area contributed by atoms with Gasteiger partial charge in [-0.05, 0) is 61.5 Å². The van der Waals surface area contributed by atoms with Crippen molar-refractivity contribution in [2.45, 2.75) is 52.1 Å². The molecule has 0 aromatic heterocycles. The Morgan fingerprint density at radius 3 is 2.83 bits per heavy atom. The van der Waals surface area contributed by atoms with Crippen LogP contribution in [-0.4, -0.2) is 28.7 Å². The molecule has 130 valence electrons. The third kappa shape index (κ3) is 2.07. The van der Waals surface area contributed by atoms with Crippen LogP contribution < -0.4 is 0 Å². The number of allylic oxidation sites excluding steroid dienone is 5. The van der Waals surface area contributed by atoms with E-state index in [9.17, 15) is 15.0 Å². The summed E-state index contributed by atoms with van der Waals surface area (Å²) in [6.07, 6.45) is 12.2. The van der Waals surface area contributed by atoms with Crippen LogP contribution in [0.25, 0.3) is 0 Å². The van der Waals surface area contributed by atoms with Gasteiger partial charge in [-0.15, -0.1) is 0 Å². The van der Waals surface area contributed by atoms with Crippen LogP contribution in [0.5, 0.6) is 0 Å². The number of rotatable bonds is 1. The van der Waals surface area contributed by atoms with Crippen molar-refractivity contribution in [2.75, 3.05) is 6.61 Å². The molecule has 4 aliphatic rings. The largest absolute Gasteiger partial charge is 0.393 e. The van der Waals surface area contributed by atoms with Crippen LogP contribution in [0.15, 0.2) is 35.5 Å². The molecular formula is C21H28O3. The molecule has 6 atom stereocenters. The third-order valence-electron chi connectivity index (χ3n) is 7.68. The fourth-order valence-corrected chi connectivity index (χ4v) is 6.62. The van der Waals surface area contributed by atoms with Gasteiger partial charge in [-0.2, -0.15) is 0 Å². The minimum atomic E-state index is -0.358. The number of ketones is 1. The smallest absolute Gasteiger partial charge is 0.178 e.